The number of aliphatic hydroxyl groups excluding tert-OH is 1. The van der Waals surface area contributed by atoms with E-state index in [2.05, 4.69) is 20.5 Å². The third-order valence-corrected chi connectivity index (χ3v) is 7.19. The zero-order chi connectivity index (χ0) is 30.0. The van der Waals surface area contributed by atoms with Gasteiger partial charge in [0.05, 0.1) is 17.3 Å². The first-order valence-corrected chi connectivity index (χ1v) is 13.7. The molecule has 0 spiro atoms. The van der Waals surface area contributed by atoms with Crippen molar-refractivity contribution in [2.45, 2.75) is 38.2 Å². The molecule has 16 heteroatoms. The smallest absolute Gasteiger partial charge is 0.382 e. The highest BCUT2D eigenvalue weighted by Gasteiger charge is 2.39. The van der Waals surface area contributed by atoms with Gasteiger partial charge in [-0.3, -0.25) is 4.57 Å². The number of hydrogen-bond acceptors (Lipinski definition) is 6. The van der Waals surface area contributed by atoms with Crippen molar-refractivity contribution >= 4 is 29.2 Å². The number of aromatic nitrogens is 6. The SMILES string of the molecule is O=C1NCCN1CCCc1nc(Cn2nc(-c3ccc(Cl)cc3)n(C[C@H](O)C(F)(F)F)c2=O)nn1-c1ccccc1Cl. The van der Waals surface area contributed by atoms with Gasteiger partial charge in [0.2, 0.25) is 0 Å². The molecule has 222 valence electrons. The number of hydrogen-bond donors (Lipinski definition) is 2. The maximum atomic E-state index is 13.3. The van der Waals surface area contributed by atoms with Gasteiger partial charge in [0.15, 0.2) is 17.8 Å². The minimum Gasteiger partial charge on any atom is -0.382 e. The number of amides is 2. The van der Waals surface area contributed by atoms with E-state index >= 15 is 0 Å². The van der Waals surface area contributed by atoms with Crippen LogP contribution in [0.15, 0.2) is 53.3 Å². The molecule has 5 rings (SSSR count). The molecular formula is C26H25Cl2F3N8O3. The Hall–Kier alpha value is -3.88. The number of carbonyl (C=O) groups excluding carboxylic acids is 1. The number of aliphatic hydroxyl groups is 1. The highest BCUT2D eigenvalue weighted by atomic mass is 35.5. The average Bonchev–Trinajstić information content (AvgIpc) is 3.63. The second-order valence-corrected chi connectivity index (χ2v) is 10.4. The first-order chi connectivity index (χ1) is 20.0. The predicted octanol–water partition coefficient (Wildman–Crippen LogP) is 3.53. The molecule has 3 heterocycles. The molecule has 0 bridgehead atoms. The quantitative estimate of drug-likeness (QED) is 0.278. The number of nitrogens with zero attached hydrogens (tertiary/aromatic N) is 7. The monoisotopic (exact) mass is 624 g/mol. The standard InChI is InChI=1S/C26H25Cl2F3N8O3/c27-17-9-7-16(8-10-17)23-35-38(25(42)37(23)14-20(40)26(29,30)31)15-21-33-22(6-3-12-36-13-11-32-24(36)41)39(34-21)19-5-2-1-4-18(19)28/h1-2,4-5,7-10,20,40H,3,6,11-15H2,(H,32,41)/t20-/m0/s1. The van der Waals surface area contributed by atoms with Crippen molar-refractivity contribution in [2.24, 2.45) is 0 Å². The maximum absolute atomic E-state index is 13.3. The second-order valence-electron chi connectivity index (χ2n) is 9.57. The Morgan fingerprint density at radius 1 is 1.05 bits per heavy atom. The third kappa shape index (κ3) is 6.45. The van der Waals surface area contributed by atoms with E-state index in [0.717, 1.165) is 9.25 Å². The topological polar surface area (TPSA) is 123 Å². The second kappa shape index (κ2) is 12.2. The Balaban J connectivity index is 1.48. The van der Waals surface area contributed by atoms with Crippen molar-refractivity contribution in [3.05, 3.63) is 80.7 Å². The van der Waals surface area contributed by atoms with Crippen LogP contribution in [0.1, 0.15) is 18.1 Å². The highest BCUT2D eigenvalue weighted by molar-refractivity contribution is 6.32. The van der Waals surface area contributed by atoms with Gasteiger partial charge >= 0.3 is 17.9 Å². The van der Waals surface area contributed by atoms with E-state index < -0.39 is 24.5 Å². The van der Waals surface area contributed by atoms with Crippen LogP contribution in [-0.2, 0) is 19.5 Å². The summed E-state index contributed by atoms with van der Waals surface area (Å²) in [6, 6.07) is 12.9. The summed E-state index contributed by atoms with van der Waals surface area (Å²) < 4.78 is 42.8. The number of urea groups is 1. The highest BCUT2D eigenvalue weighted by Crippen LogP contribution is 2.25. The van der Waals surface area contributed by atoms with E-state index in [1.165, 1.54) is 28.9 Å². The fourth-order valence-electron chi connectivity index (χ4n) is 4.52. The number of para-hydroxylation sites is 1. The van der Waals surface area contributed by atoms with Crippen molar-refractivity contribution in [1.82, 2.24) is 39.3 Å². The van der Waals surface area contributed by atoms with Gasteiger partial charge in [-0.2, -0.15) is 13.2 Å². The van der Waals surface area contributed by atoms with E-state index in [9.17, 15) is 27.9 Å². The Kier molecular flexibility index (Phi) is 8.57. The first kappa shape index (κ1) is 29.6. The Bertz CT molecular complexity index is 1630. The van der Waals surface area contributed by atoms with Gasteiger partial charge in [0.1, 0.15) is 12.4 Å². The van der Waals surface area contributed by atoms with Crippen molar-refractivity contribution in [3.8, 4) is 17.1 Å². The molecule has 1 fully saturated rings. The Morgan fingerprint density at radius 2 is 1.79 bits per heavy atom. The largest absolute Gasteiger partial charge is 0.416 e. The fraction of sp³-hybridized carbons (Fsp3) is 0.346. The summed E-state index contributed by atoms with van der Waals surface area (Å²) in [6.07, 6.45) is -6.75. The number of halogens is 5. The molecular weight excluding hydrogens is 600 g/mol. The molecule has 1 atom stereocenters. The van der Waals surface area contributed by atoms with Crippen LogP contribution in [-0.4, -0.2) is 77.1 Å². The van der Waals surface area contributed by atoms with Crippen LogP contribution in [0.5, 0.6) is 0 Å². The van der Waals surface area contributed by atoms with Gasteiger partial charge < -0.3 is 15.3 Å². The summed E-state index contributed by atoms with van der Waals surface area (Å²) in [5.41, 5.74) is -0.0235. The molecule has 4 aromatic rings. The van der Waals surface area contributed by atoms with E-state index in [4.69, 9.17) is 23.2 Å². The van der Waals surface area contributed by atoms with E-state index in [-0.39, 0.29) is 24.2 Å². The molecule has 2 N–H and O–H groups in total. The molecule has 1 saturated heterocycles. The number of aryl methyl sites for hydroxylation is 1. The summed E-state index contributed by atoms with van der Waals surface area (Å²) in [5.74, 6) is 0.583. The summed E-state index contributed by atoms with van der Waals surface area (Å²) in [5, 5.41) is 22.1. The van der Waals surface area contributed by atoms with Crippen LogP contribution in [0.4, 0.5) is 18.0 Å². The number of nitrogens with one attached hydrogen (secondary N) is 1. The normalized spacial score (nSPS) is 14.4. The molecule has 2 aromatic heterocycles. The number of benzene rings is 2. The molecule has 0 saturated carbocycles. The Labute approximate surface area is 247 Å². The van der Waals surface area contributed by atoms with E-state index in [1.54, 1.807) is 29.2 Å². The van der Waals surface area contributed by atoms with Crippen LogP contribution in [0.2, 0.25) is 10.0 Å². The van der Waals surface area contributed by atoms with Crippen molar-refractivity contribution in [2.75, 3.05) is 19.6 Å². The van der Waals surface area contributed by atoms with Gasteiger partial charge in [-0.25, -0.2) is 23.9 Å². The van der Waals surface area contributed by atoms with Gasteiger partial charge in [-0.05, 0) is 42.8 Å². The van der Waals surface area contributed by atoms with Crippen LogP contribution >= 0.6 is 23.2 Å². The number of rotatable bonds is 10. The van der Waals surface area contributed by atoms with Crippen LogP contribution in [0, 0.1) is 0 Å². The van der Waals surface area contributed by atoms with E-state index in [0.29, 0.717) is 59.6 Å². The van der Waals surface area contributed by atoms with Gasteiger partial charge in [0, 0.05) is 36.6 Å². The minimum atomic E-state index is -4.95. The molecule has 1 aliphatic rings. The molecule has 0 unspecified atom stereocenters. The molecule has 0 aliphatic carbocycles. The van der Waals surface area contributed by atoms with Gasteiger partial charge in [-0.15, -0.1) is 10.2 Å². The fourth-order valence-corrected chi connectivity index (χ4v) is 4.86. The lowest BCUT2D eigenvalue weighted by atomic mass is 10.2. The van der Waals surface area contributed by atoms with E-state index in [1.807, 2.05) is 0 Å². The molecule has 2 amide bonds. The van der Waals surface area contributed by atoms with Crippen molar-refractivity contribution < 1.29 is 23.1 Å². The minimum absolute atomic E-state index is 0.0883. The Morgan fingerprint density at radius 3 is 2.45 bits per heavy atom. The van der Waals surface area contributed by atoms with Crippen LogP contribution in [0.25, 0.3) is 17.1 Å². The maximum Gasteiger partial charge on any atom is 0.416 e. The third-order valence-electron chi connectivity index (χ3n) is 6.62. The molecule has 1 aliphatic heterocycles. The zero-order valence-corrected chi connectivity index (χ0v) is 23.4. The van der Waals surface area contributed by atoms with Gasteiger partial charge in [-0.1, -0.05) is 35.3 Å². The average molecular weight is 625 g/mol. The molecule has 11 nitrogen and oxygen atoms in total. The number of carbonyl (C=O) groups is 1. The lowest BCUT2D eigenvalue weighted by Gasteiger charge is -2.15. The summed E-state index contributed by atoms with van der Waals surface area (Å²) in [7, 11) is 0. The van der Waals surface area contributed by atoms with Crippen molar-refractivity contribution in [3.63, 3.8) is 0 Å². The van der Waals surface area contributed by atoms with Crippen LogP contribution < -0.4 is 11.0 Å². The number of alkyl halides is 3. The zero-order valence-electron chi connectivity index (χ0n) is 21.9. The lowest BCUT2D eigenvalue weighted by molar-refractivity contribution is -0.207. The molecule has 2 aromatic carbocycles. The summed E-state index contributed by atoms with van der Waals surface area (Å²) >= 11 is 12.4. The predicted molar refractivity (Wildman–Crippen MR) is 148 cm³/mol. The summed E-state index contributed by atoms with van der Waals surface area (Å²) in [6.45, 7) is 0.348. The van der Waals surface area contributed by atoms with Crippen LogP contribution in [0.3, 0.4) is 0 Å². The molecule has 0 radical (unpaired) electrons. The van der Waals surface area contributed by atoms with Gasteiger partial charge in [0.25, 0.3) is 0 Å². The summed E-state index contributed by atoms with van der Waals surface area (Å²) in [4.78, 5) is 31.5. The first-order valence-electron chi connectivity index (χ1n) is 12.9. The molecule has 42 heavy (non-hydrogen) atoms. The lowest BCUT2D eigenvalue weighted by Crippen LogP contribution is -2.37. The van der Waals surface area contributed by atoms with Crippen molar-refractivity contribution in [1.29, 1.82) is 0 Å².